The van der Waals surface area contributed by atoms with Crippen LogP contribution in [0.4, 0.5) is 16.2 Å². The molecule has 1 fully saturated rings. The molecule has 34 heavy (non-hydrogen) atoms. The van der Waals surface area contributed by atoms with Gasteiger partial charge in [0.15, 0.2) is 5.69 Å². The first-order chi connectivity index (χ1) is 16.3. The third kappa shape index (κ3) is 4.33. The number of hydrogen-bond acceptors (Lipinski definition) is 5. The summed E-state index contributed by atoms with van der Waals surface area (Å²) in [6.07, 6.45) is 5.66. The van der Waals surface area contributed by atoms with Crippen molar-refractivity contribution >= 4 is 23.3 Å². The fraction of sp³-hybridized carbons (Fsp3) is 0.269. The third-order valence-corrected chi connectivity index (χ3v) is 5.89. The molecule has 0 saturated carbocycles. The van der Waals surface area contributed by atoms with Gasteiger partial charge >= 0.3 is 6.03 Å². The van der Waals surface area contributed by atoms with Crippen LogP contribution >= 0.6 is 0 Å². The van der Waals surface area contributed by atoms with Crippen molar-refractivity contribution in [2.75, 3.05) is 18.1 Å². The Morgan fingerprint density at radius 1 is 1.09 bits per heavy atom. The molecule has 1 saturated heterocycles. The summed E-state index contributed by atoms with van der Waals surface area (Å²) >= 11 is 0. The van der Waals surface area contributed by atoms with Gasteiger partial charge in [-0.2, -0.15) is 0 Å². The molecule has 172 valence electrons. The molecule has 4 rings (SSSR count). The maximum Gasteiger partial charge on any atom is 0.332 e. The second-order valence-electron chi connectivity index (χ2n) is 8.53. The summed E-state index contributed by atoms with van der Waals surface area (Å²) in [6.45, 7) is 13.2. The molecule has 1 aromatic carbocycles. The van der Waals surface area contributed by atoms with E-state index in [4.69, 9.17) is 11.3 Å². The Balaban J connectivity index is 1.37. The molecule has 0 radical (unpaired) electrons. The molecular weight excluding hydrogens is 430 g/mol. The van der Waals surface area contributed by atoms with Crippen LogP contribution in [0.25, 0.3) is 16.1 Å². The Hall–Kier alpha value is -4.25. The number of carbonyl (C=O) groups is 2. The van der Waals surface area contributed by atoms with E-state index < -0.39 is 5.54 Å². The van der Waals surface area contributed by atoms with Gasteiger partial charge in [0.2, 0.25) is 0 Å². The van der Waals surface area contributed by atoms with Crippen LogP contribution in [0.3, 0.4) is 0 Å². The lowest BCUT2D eigenvalue weighted by atomic mass is 10.0. The fourth-order valence-corrected chi connectivity index (χ4v) is 3.91. The van der Waals surface area contributed by atoms with E-state index in [1.54, 1.807) is 62.5 Å². The number of rotatable bonds is 7. The first kappa shape index (κ1) is 22.9. The highest BCUT2D eigenvalue weighted by atomic mass is 16.5. The van der Waals surface area contributed by atoms with Crippen LogP contribution in [0.2, 0.25) is 0 Å². The molecule has 8 heteroatoms. The van der Waals surface area contributed by atoms with E-state index in [0.717, 1.165) is 16.8 Å². The highest BCUT2D eigenvalue weighted by Gasteiger charge is 2.51. The van der Waals surface area contributed by atoms with Gasteiger partial charge in [0, 0.05) is 24.5 Å². The van der Waals surface area contributed by atoms with Crippen molar-refractivity contribution in [3.63, 3.8) is 0 Å². The van der Waals surface area contributed by atoms with Crippen LogP contribution in [0.1, 0.15) is 25.8 Å². The maximum absolute atomic E-state index is 13.1. The Kier molecular flexibility index (Phi) is 6.28. The summed E-state index contributed by atoms with van der Waals surface area (Å²) in [4.78, 5) is 40.9. The SMILES string of the molecule is [C-]#[N+]c1ccc(N2C(=O)N(CCCOc3ccc(-c4ccncc4)nc3)C(C)(C)C2=O)cc1C. The average Bonchev–Trinajstić information content (AvgIpc) is 3.01. The van der Waals surface area contributed by atoms with Crippen LogP contribution in [0.15, 0.2) is 61.1 Å². The molecule has 0 bridgehead atoms. The number of hydrogen-bond donors (Lipinski definition) is 0. The molecule has 0 unspecified atom stereocenters. The second-order valence-corrected chi connectivity index (χ2v) is 8.53. The summed E-state index contributed by atoms with van der Waals surface area (Å²) in [5.74, 6) is 0.349. The highest BCUT2D eigenvalue weighted by Crippen LogP contribution is 2.34. The molecule has 3 aromatic rings. The molecule has 0 atom stereocenters. The van der Waals surface area contributed by atoms with Gasteiger partial charge < -0.3 is 9.64 Å². The van der Waals surface area contributed by atoms with E-state index in [9.17, 15) is 9.59 Å². The van der Waals surface area contributed by atoms with Gasteiger partial charge in [0.1, 0.15) is 11.3 Å². The van der Waals surface area contributed by atoms with E-state index in [1.807, 2.05) is 24.3 Å². The molecule has 3 amide bonds. The average molecular weight is 456 g/mol. The Labute approximate surface area is 198 Å². The zero-order valence-corrected chi connectivity index (χ0v) is 19.4. The number of benzene rings is 1. The predicted octanol–water partition coefficient (Wildman–Crippen LogP) is 5.02. The summed E-state index contributed by atoms with van der Waals surface area (Å²) in [5, 5.41) is 0. The van der Waals surface area contributed by atoms with Crippen molar-refractivity contribution in [2.45, 2.75) is 32.7 Å². The minimum absolute atomic E-state index is 0.288. The van der Waals surface area contributed by atoms with E-state index in [1.165, 1.54) is 4.90 Å². The number of pyridine rings is 2. The number of urea groups is 1. The van der Waals surface area contributed by atoms with Crippen molar-refractivity contribution in [1.29, 1.82) is 0 Å². The number of carbonyl (C=O) groups excluding carboxylic acids is 2. The van der Waals surface area contributed by atoms with E-state index in [2.05, 4.69) is 14.8 Å². The molecule has 0 spiro atoms. The molecule has 1 aliphatic heterocycles. The topological polar surface area (TPSA) is 80.0 Å². The fourth-order valence-electron chi connectivity index (χ4n) is 3.91. The number of nitrogens with zero attached hydrogens (tertiary/aromatic N) is 5. The molecule has 2 aromatic heterocycles. The van der Waals surface area contributed by atoms with Crippen molar-refractivity contribution in [2.24, 2.45) is 0 Å². The lowest BCUT2D eigenvalue weighted by Crippen LogP contribution is -2.44. The Morgan fingerprint density at radius 2 is 1.85 bits per heavy atom. The van der Waals surface area contributed by atoms with Gasteiger partial charge in [-0.05, 0) is 69.2 Å². The molecule has 1 aliphatic rings. The predicted molar refractivity (Wildman–Crippen MR) is 129 cm³/mol. The Morgan fingerprint density at radius 3 is 2.50 bits per heavy atom. The largest absolute Gasteiger partial charge is 0.492 e. The molecular formula is C26H25N5O3. The monoisotopic (exact) mass is 455 g/mol. The zero-order valence-electron chi connectivity index (χ0n) is 19.4. The van der Waals surface area contributed by atoms with Crippen LogP contribution in [0.5, 0.6) is 5.75 Å². The van der Waals surface area contributed by atoms with E-state index in [0.29, 0.717) is 36.7 Å². The van der Waals surface area contributed by atoms with Gasteiger partial charge in [0.25, 0.3) is 5.91 Å². The number of aryl methyl sites for hydroxylation is 1. The number of amides is 3. The first-order valence-electron chi connectivity index (χ1n) is 11.0. The lowest BCUT2D eigenvalue weighted by Gasteiger charge is -2.27. The van der Waals surface area contributed by atoms with Crippen molar-refractivity contribution in [1.82, 2.24) is 14.9 Å². The molecule has 3 heterocycles. The van der Waals surface area contributed by atoms with Crippen LogP contribution in [0, 0.1) is 13.5 Å². The summed E-state index contributed by atoms with van der Waals surface area (Å²) in [6, 6.07) is 12.1. The Bertz CT molecular complexity index is 1250. The maximum atomic E-state index is 13.1. The van der Waals surface area contributed by atoms with Gasteiger partial charge in [-0.15, -0.1) is 0 Å². The lowest BCUT2D eigenvalue weighted by molar-refractivity contribution is -0.123. The number of imide groups is 1. The summed E-state index contributed by atoms with van der Waals surface area (Å²) < 4.78 is 5.80. The van der Waals surface area contributed by atoms with Crippen LogP contribution < -0.4 is 9.64 Å². The minimum atomic E-state index is -0.975. The minimum Gasteiger partial charge on any atom is -0.492 e. The second kappa shape index (κ2) is 9.32. The highest BCUT2D eigenvalue weighted by molar-refractivity contribution is 6.23. The quantitative estimate of drug-likeness (QED) is 0.284. The van der Waals surface area contributed by atoms with Crippen molar-refractivity contribution in [3.05, 3.63) is 78.0 Å². The first-order valence-corrected chi connectivity index (χ1v) is 11.0. The smallest absolute Gasteiger partial charge is 0.332 e. The summed E-state index contributed by atoms with van der Waals surface area (Å²) in [7, 11) is 0. The van der Waals surface area contributed by atoms with E-state index in [-0.39, 0.29) is 11.9 Å². The number of ether oxygens (including phenoxy) is 1. The van der Waals surface area contributed by atoms with Gasteiger partial charge in [-0.3, -0.25) is 14.8 Å². The summed E-state index contributed by atoms with van der Waals surface area (Å²) in [5.41, 5.74) is 2.53. The van der Waals surface area contributed by atoms with Crippen LogP contribution in [-0.2, 0) is 4.79 Å². The van der Waals surface area contributed by atoms with Gasteiger partial charge in [-0.1, -0.05) is 6.07 Å². The normalized spacial score (nSPS) is 14.9. The molecule has 0 N–H and O–H groups in total. The van der Waals surface area contributed by atoms with E-state index >= 15 is 0 Å². The molecule has 8 nitrogen and oxygen atoms in total. The zero-order chi connectivity index (χ0) is 24.3. The van der Waals surface area contributed by atoms with Crippen LogP contribution in [-0.4, -0.2) is 45.5 Å². The van der Waals surface area contributed by atoms with Gasteiger partial charge in [0.05, 0.1) is 30.8 Å². The molecule has 0 aliphatic carbocycles. The number of anilines is 1. The van der Waals surface area contributed by atoms with Gasteiger partial charge in [-0.25, -0.2) is 14.5 Å². The standard InChI is InChI=1S/C26H25N5O3/c1-18-16-20(6-8-22(18)27-4)31-24(32)26(2,3)30(25(31)33)14-5-15-34-21-7-9-23(29-17-21)19-10-12-28-13-11-19/h6-13,16-17H,5,14-15H2,1-3H3. The van der Waals surface area contributed by atoms with Crippen molar-refractivity contribution < 1.29 is 14.3 Å². The third-order valence-electron chi connectivity index (χ3n) is 5.89. The van der Waals surface area contributed by atoms with Crippen molar-refractivity contribution in [3.8, 4) is 17.0 Å². The number of aromatic nitrogens is 2.